The topological polar surface area (TPSA) is 50.2 Å². The van der Waals surface area contributed by atoms with E-state index in [-0.39, 0.29) is 10.8 Å². The van der Waals surface area contributed by atoms with E-state index in [2.05, 4.69) is 4.98 Å². The van der Waals surface area contributed by atoms with Crippen molar-refractivity contribution in [2.45, 2.75) is 19.8 Å². The minimum absolute atomic E-state index is 0.0437. The summed E-state index contributed by atoms with van der Waals surface area (Å²) in [4.78, 5) is 15.9. The third kappa shape index (κ3) is 2.91. The van der Waals surface area contributed by atoms with Crippen LogP contribution >= 0.6 is 34.5 Å². The van der Waals surface area contributed by atoms with Crippen LogP contribution in [0.15, 0.2) is 18.2 Å². The number of nitrogens with zero attached hydrogens (tertiary/aromatic N) is 1. The Labute approximate surface area is 124 Å². The molecule has 3 nitrogen and oxygen atoms in total. The normalized spacial score (nSPS) is 11.0. The predicted molar refractivity (Wildman–Crippen MR) is 78.6 cm³/mol. The minimum Gasteiger partial charge on any atom is -0.477 e. The Kier molecular flexibility index (Phi) is 4.13. The summed E-state index contributed by atoms with van der Waals surface area (Å²) in [5.41, 5.74) is 1.28. The van der Waals surface area contributed by atoms with E-state index in [0.717, 1.165) is 11.3 Å². The van der Waals surface area contributed by atoms with Crippen LogP contribution in [0.5, 0.6) is 0 Å². The first-order valence-electron chi connectivity index (χ1n) is 5.59. The fourth-order valence-electron chi connectivity index (χ4n) is 1.65. The summed E-state index contributed by atoms with van der Waals surface area (Å²) < 4.78 is 0. The van der Waals surface area contributed by atoms with Crippen molar-refractivity contribution >= 4 is 40.5 Å². The van der Waals surface area contributed by atoms with Crippen LogP contribution in [0.1, 0.15) is 35.1 Å². The number of thiazole rings is 1. The van der Waals surface area contributed by atoms with Crippen molar-refractivity contribution in [2.75, 3.05) is 0 Å². The Morgan fingerprint density at radius 3 is 2.53 bits per heavy atom. The molecule has 100 valence electrons. The van der Waals surface area contributed by atoms with Crippen molar-refractivity contribution in [3.8, 4) is 10.6 Å². The number of carboxylic acids is 1. The molecule has 2 rings (SSSR count). The largest absolute Gasteiger partial charge is 0.477 e. The van der Waals surface area contributed by atoms with Crippen molar-refractivity contribution in [1.29, 1.82) is 0 Å². The molecule has 2 aromatic rings. The van der Waals surface area contributed by atoms with E-state index >= 15 is 0 Å². The first kappa shape index (κ1) is 14.3. The number of carbonyl (C=O) groups is 1. The molecule has 0 saturated carbocycles. The van der Waals surface area contributed by atoms with Gasteiger partial charge in [-0.2, -0.15) is 0 Å². The Bertz CT molecular complexity index is 638. The number of hydrogen-bond acceptors (Lipinski definition) is 3. The lowest BCUT2D eigenvalue weighted by molar-refractivity contribution is 0.0700. The molecular weight excluding hydrogens is 305 g/mol. The highest BCUT2D eigenvalue weighted by Crippen LogP contribution is 2.36. The van der Waals surface area contributed by atoms with Crippen LogP contribution in [0.3, 0.4) is 0 Å². The van der Waals surface area contributed by atoms with Gasteiger partial charge in [0.1, 0.15) is 9.88 Å². The van der Waals surface area contributed by atoms with Gasteiger partial charge in [-0.05, 0) is 24.1 Å². The van der Waals surface area contributed by atoms with Gasteiger partial charge in [0, 0.05) is 10.6 Å². The second-order valence-corrected chi connectivity index (χ2v) is 6.16. The monoisotopic (exact) mass is 315 g/mol. The summed E-state index contributed by atoms with van der Waals surface area (Å²) in [6, 6.07) is 5.08. The highest BCUT2D eigenvalue weighted by atomic mass is 35.5. The zero-order chi connectivity index (χ0) is 14.2. The van der Waals surface area contributed by atoms with Gasteiger partial charge in [-0.25, -0.2) is 9.78 Å². The number of carboxylic acid groups (broad SMARTS) is 1. The number of aromatic nitrogens is 1. The number of aromatic carboxylic acids is 1. The van der Waals surface area contributed by atoms with Crippen LogP contribution in [-0.4, -0.2) is 16.1 Å². The highest BCUT2D eigenvalue weighted by molar-refractivity contribution is 7.17. The number of benzene rings is 1. The molecule has 0 aliphatic heterocycles. The van der Waals surface area contributed by atoms with Gasteiger partial charge in [-0.15, -0.1) is 11.3 Å². The zero-order valence-electron chi connectivity index (χ0n) is 10.3. The van der Waals surface area contributed by atoms with E-state index in [1.165, 1.54) is 0 Å². The SMILES string of the molecule is CC(C)c1nc(-c2ccc(Cl)cc2Cl)sc1C(=O)O. The zero-order valence-corrected chi connectivity index (χ0v) is 12.6. The molecule has 0 spiro atoms. The summed E-state index contributed by atoms with van der Waals surface area (Å²) in [6.45, 7) is 3.82. The van der Waals surface area contributed by atoms with Crippen LogP contribution in [0.4, 0.5) is 0 Å². The fourth-order valence-corrected chi connectivity index (χ4v) is 3.31. The maximum Gasteiger partial charge on any atom is 0.347 e. The van der Waals surface area contributed by atoms with Crippen LogP contribution in [0.2, 0.25) is 10.0 Å². The summed E-state index contributed by atoms with van der Waals surface area (Å²) in [5.74, 6) is -0.917. The van der Waals surface area contributed by atoms with Crippen LogP contribution in [0.25, 0.3) is 10.6 Å². The van der Waals surface area contributed by atoms with Crippen molar-refractivity contribution in [1.82, 2.24) is 4.98 Å². The predicted octanol–water partition coefficient (Wildman–Crippen LogP) is 4.94. The van der Waals surface area contributed by atoms with Gasteiger partial charge in [0.05, 0.1) is 10.7 Å². The smallest absolute Gasteiger partial charge is 0.347 e. The molecule has 0 atom stereocenters. The van der Waals surface area contributed by atoms with Crippen molar-refractivity contribution in [3.63, 3.8) is 0 Å². The Hall–Kier alpha value is -1.10. The van der Waals surface area contributed by atoms with Crippen LogP contribution in [0, 0.1) is 0 Å². The molecule has 0 aliphatic rings. The molecule has 0 unspecified atom stereocenters. The molecule has 0 amide bonds. The van der Waals surface area contributed by atoms with E-state index in [1.54, 1.807) is 18.2 Å². The lowest BCUT2D eigenvalue weighted by Gasteiger charge is -2.01. The van der Waals surface area contributed by atoms with Gasteiger partial charge in [0.2, 0.25) is 0 Å². The summed E-state index contributed by atoms with van der Waals surface area (Å²) in [7, 11) is 0. The van der Waals surface area contributed by atoms with Crippen LogP contribution < -0.4 is 0 Å². The van der Waals surface area contributed by atoms with Gasteiger partial charge in [-0.3, -0.25) is 0 Å². The van der Waals surface area contributed by atoms with Gasteiger partial charge in [-0.1, -0.05) is 37.0 Å². The maximum absolute atomic E-state index is 11.2. The lowest BCUT2D eigenvalue weighted by Crippen LogP contribution is -2.00. The minimum atomic E-state index is -0.961. The van der Waals surface area contributed by atoms with Crippen molar-refractivity contribution < 1.29 is 9.90 Å². The van der Waals surface area contributed by atoms with E-state index in [9.17, 15) is 9.90 Å². The molecule has 1 aromatic carbocycles. The first-order valence-corrected chi connectivity index (χ1v) is 7.16. The first-order chi connectivity index (χ1) is 8.90. The van der Waals surface area contributed by atoms with Crippen molar-refractivity contribution in [2.24, 2.45) is 0 Å². The Morgan fingerprint density at radius 1 is 1.37 bits per heavy atom. The molecule has 0 saturated heterocycles. The van der Waals surface area contributed by atoms with E-state index in [1.807, 2.05) is 13.8 Å². The number of hydrogen-bond donors (Lipinski definition) is 1. The highest BCUT2D eigenvalue weighted by Gasteiger charge is 2.21. The quantitative estimate of drug-likeness (QED) is 0.872. The maximum atomic E-state index is 11.2. The second-order valence-electron chi connectivity index (χ2n) is 4.32. The molecule has 0 radical (unpaired) electrons. The molecule has 19 heavy (non-hydrogen) atoms. The van der Waals surface area contributed by atoms with Gasteiger partial charge in [0.25, 0.3) is 0 Å². The molecule has 0 aliphatic carbocycles. The Balaban J connectivity index is 2.57. The van der Waals surface area contributed by atoms with Crippen LogP contribution in [-0.2, 0) is 0 Å². The van der Waals surface area contributed by atoms with E-state index < -0.39 is 5.97 Å². The van der Waals surface area contributed by atoms with Crippen molar-refractivity contribution in [3.05, 3.63) is 38.8 Å². The third-order valence-corrected chi connectivity index (χ3v) is 4.20. The summed E-state index contributed by atoms with van der Waals surface area (Å²) >= 11 is 13.1. The van der Waals surface area contributed by atoms with E-state index in [4.69, 9.17) is 23.2 Å². The number of halogens is 2. The average molecular weight is 316 g/mol. The molecule has 0 fully saturated rings. The second kappa shape index (κ2) is 5.49. The average Bonchev–Trinajstić information content (AvgIpc) is 2.73. The Morgan fingerprint density at radius 2 is 2.05 bits per heavy atom. The molecule has 1 N–H and O–H groups in total. The van der Waals surface area contributed by atoms with E-state index in [0.29, 0.717) is 26.3 Å². The van der Waals surface area contributed by atoms with Gasteiger partial charge in [0.15, 0.2) is 0 Å². The molecular formula is C13H11Cl2NO2S. The summed E-state index contributed by atoms with van der Waals surface area (Å²) in [6.07, 6.45) is 0. The van der Waals surface area contributed by atoms with Gasteiger partial charge < -0.3 is 5.11 Å². The molecule has 1 heterocycles. The molecule has 1 aromatic heterocycles. The molecule has 0 bridgehead atoms. The number of rotatable bonds is 3. The molecule has 6 heteroatoms. The van der Waals surface area contributed by atoms with Gasteiger partial charge >= 0.3 is 5.97 Å². The standard InChI is InChI=1S/C13H11Cl2NO2S/c1-6(2)10-11(13(17)18)19-12(16-10)8-4-3-7(14)5-9(8)15/h3-6H,1-2H3,(H,17,18). The fraction of sp³-hybridized carbons (Fsp3) is 0.231. The summed E-state index contributed by atoms with van der Waals surface area (Å²) in [5, 5.41) is 10.8. The third-order valence-electron chi connectivity index (χ3n) is 2.56. The lowest BCUT2D eigenvalue weighted by atomic mass is 10.1.